The van der Waals surface area contributed by atoms with E-state index in [2.05, 4.69) is 24.5 Å². The van der Waals surface area contributed by atoms with Crippen LogP contribution in [0.4, 0.5) is 4.79 Å². The number of hydrogen-bond acceptors (Lipinski definition) is 2. The predicted molar refractivity (Wildman–Crippen MR) is 90.7 cm³/mol. The maximum absolute atomic E-state index is 11.9. The Kier molecular flexibility index (Phi) is 9.31. The van der Waals surface area contributed by atoms with Crippen LogP contribution in [0.15, 0.2) is 24.3 Å². The maximum Gasteiger partial charge on any atom is 0.315 e. The second-order valence-electron chi connectivity index (χ2n) is 5.68. The third-order valence-electron chi connectivity index (χ3n) is 3.95. The molecule has 124 valence electrons. The molecule has 0 fully saturated rings. The fraction of sp³-hybridized carbons (Fsp3) is 0.611. The zero-order chi connectivity index (χ0) is 16.2. The van der Waals surface area contributed by atoms with Crippen molar-refractivity contribution in [3.05, 3.63) is 35.4 Å². The SMILES string of the molecule is CCCCC(CC)CNC(=O)NCc1ccccc1COC. The molecule has 0 aliphatic carbocycles. The number of hydrogen-bond donors (Lipinski definition) is 2. The predicted octanol–water partition coefficient (Wildman–Crippen LogP) is 3.85. The fourth-order valence-electron chi connectivity index (χ4n) is 2.44. The van der Waals surface area contributed by atoms with E-state index < -0.39 is 0 Å². The van der Waals surface area contributed by atoms with E-state index in [1.54, 1.807) is 7.11 Å². The van der Waals surface area contributed by atoms with Crippen LogP contribution in [0.1, 0.15) is 50.7 Å². The molecule has 0 aromatic heterocycles. The van der Waals surface area contributed by atoms with Crippen molar-refractivity contribution in [2.45, 2.75) is 52.7 Å². The lowest BCUT2D eigenvalue weighted by Crippen LogP contribution is -2.38. The smallest absolute Gasteiger partial charge is 0.315 e. The number of ether oxygens (including phenoxy) is 1. The van der Waals surface area contributed by atoms with Crippen LogP contribution in [0.25, 0.3) is 0 Å². The molecule has 2 N–H and O–H groups in total. The lowest BCUT2D eigenvalue weighted by Gasteiger charge is -2.16. The van der Waals surface area contributed by atoms with E-state index >= 15 is 0 Å². The van der Waals surface area contributed by atoms with Crippen molar-refractivity contribution in [2.24, 2.45) is 5.92 Å². The summed E-state index contributed by atoms with van der Waals surface area (Å²) in [6, 6.07) is 7.91. The fourth-order valence-corrected chi connectivity index (χ4v) is 2.44. The average Bonchev–Trinajstić information content (AvgIpc) is 2.54. The summed E-state index contributed by atoms with van der Waals surface area (Å²) in [6.07, 6.45) is 4.73. The average molecular weight is 306 g/mol. The first-order valence-corrected chi connectivity index (χ1v) is 8.28. The summed E-state index contributed by atoms with van der Waals surface area (Å²) >= 11 is 0. The molecule has 1 aromatic rings. The minimum Gasteiger partial charge on any atom is -0.380 e. The molecule has 0 radical (unpaired) electrons. The van der Waals surface area contributed by atoms with E-state index in [-0.39, 0.29) is 6.03 Å². The molecule has 1 atom stereocenters. The van der Waals surface area contributed by atoms with Crippen LogP contribution in [0.2, 0.25) is 0 Å². The van der Waals surface area contributed by atoms with Gasteiger partial charge in [-0.15, -0.1) is 0 Å². The Morgan fingerprint density at radius 1 is 1.18 bits per heavy atom. The molecule has 0 aliphatic heterocycles. The summed E-state index contributed by atoms with van der Waals surface area (Å²) < 4.78 is 5.18. The standard InChI is InChI=1S/C18H30N2O2/c1-4-6-9-15(5-2)12-19-18(21)20-13-16-10-7-8-11-17(16)14-22-3/h7-8,10-11,15H,4-6,9,12-14H2,1-3H3,(H2,19,20,21). The highest BCUT2D eigenvalue weighted by Crippen LogP contribution is 2.11. The van der Waals surface area contributed by atoms with Gasteiger partial charge in [-0.3, -0.25) is 0 Å². The van der Waals surface area contributed by atoms with Crippen molar-refractivity contribution in [3.63, 3.8) is 0 Å². The molecule has 0 saturated carbocycles. The van der Waals surface area contributed by atoms with Gasteiger partial charge >= 0.3 is 6.03 Å². The number of unbranched alkanes of at least 4 members (excludes halogenated alkanes) is 1. The van der Waals surface area contributed by atoms with Crippen molar-refractivity contribution in [3.8, 4) is 0 Å². The molecule has 4 heteroatoms. The molecule has 1 aromatic carbocycles. The maximum atomic E-state index is 11.9. The van der Waals surface area contributed by atoms with Gasteiger partial charge in [0.1, 0.15) is 0 Å². The Morgan fingerprint density at radius 3 is 2.55 bits per heavy atom. The second kappa shape index (κ2) is 11.1. The van der Waals surface area contributed by atoms with Gasteiger partial charge in [-0.1, -0.05) is 57.4 Å². The molecular formula is C18H30N2O2. The molecular weight excluding hydrogens is 276 g/mol. The van der Waals surface area contributed by atoms with Gasteiger partial charge in [0.2, 0.25) is 0 Å². The lowest BCUT2D eigenvalue weighted by atomic mass is 9.99. The largest absolute Gasteiger partial charge is 0.380 e. The summed E-state index contributed by atoms with van der Waals surface area (Å²) in [4.78, 5) is 11.9. The molecule has 4 nitrogen and oxygen atoms in total. The van der Waals surface area contributed by atoms with E-state index in [0.717, 1.165) is 24.1 Å². The van der Waals surface area contributed by atoms with Crippen LogP contribution in [0, 0.1) is 5.92 Å². The summed E-state index contributed by atoms with van der Waals surface area (Å²) in [6.45, 7) is 6.22. The molecule has 0 bridgehead atoms. The Hall–Kier alpha value is -1.55. The Morgan fingerprint density at radius 2 is 1.91 bits per heavy atom. The molecule has 2 amide bonds. The van der Waals surface area contributed by atoms with Gasteiger partial charge in [0.05, 0.1) is 6.61 Å². The Labute approximate surface area is 134 Å². The van der Waals surface area contributed by atoms with Crippen molar-refractivity contribution in [1.29, 1.82) is 0 Å². The minimum atomic E-state index is -0.0952. The van der Waals surface area contributed by atoms with Crippen LogP contribution in [-0.2, 0) is 17.9 Å². The molecule has 1 unspecified atom stereocenters. The van der Waals surface area contributed by atoms with Gasteiger partial charge in [-0.2, -0.15) is 0 Å². The highest BCUT2D eigenvalue weighted by Gasteiger charge is 2.08. The molecule has 0 spiro atoms. The van der Waals surface area contributed by atoms with E-state index in [9.17, 15) is 4.79 Å². The third-order valence-corrected chi connectivity index (χ3v) is 3.95. The normalized spacial score (nSPS) is 12.0. The minimum absolute atomic E-state index is 0.0952. The number of carbonyl (C=O) groups is 1. The zero-order valence-electron chi connectivity index (χ0n) is 14.2. The van der Waals surface area contributed by atoms with Crippen molar-refractivity contribution < 1.29 is 9.53 Å². The van der Waals surface area contributed by atoms with Gasteiger partial charge in [-0.05, 0) is 23.5 Å². The highest BCUT2D eigenvalue weighted by molar-refractivity contribution is 5.73. The highest BCUT2D eigenvalue weighted by atomic mass is 16.5. The van der Waals surface area contributed by atoms with Crippen LogP contribution >= 0.6 is 0 Å². The van der Waals surface area contributed by atoms with E-state index in [4.69, 9.17) is 4.74 Å². The number of nitrogens with one attached hydrogen (secondary N) is 2. The summed E-state index contributed by atoms with van der Waals surface area (Å²) in [7, 11) is 1.68. The molecule has 0 saturated heterocycles. The molecule has 22 heavy (non-hydrogen) atoms. The molecule has 1 rings (SSSR count). The number of methoxy groups -OCH3 is 1. The van der Waals surface area contributed by atoms with Gasteiger partial charge in [0, 0.05) is 20.2 Å². The Balaban J connectivity index is 2.36. The number of urea groups is 1. The van der Waals surface area contributed by atoms with E-state index in [1.165, 1.54) is 19.3 Å². The van der Waals surface area contributed by atoms with Crippen molar-refractivity contribution in [2.75, 3.05) is 13.7 Å². The monoisotopic (exact) mass is 306 g/mol. The first-order valence-electron chi connectivity index (χ1n) is 8.28. The quantitative estimate of drug-likeness (QED) is 0.690. The second-order valence-corrected chi connectivity index (χ2v) is 5.68. The van der Waals surface area contributed by atoms with Crippen molar-refractivity contribution >= 4 is 6.03 Å². The van der Waals surface area contributed by atoms with Gasteiger partial charge < -0.3 is 15.4 Å². The molecule has 0 aliphatic rings. The van der Waals surface area contributed by atoms with Crippen LogP contribution in [0.3, 0.4) is 0 Å². The molecule has 0 heterocycles. The van der Waals surface area contributed by atoms with Crippen LogP contribution in [0.5, 0.6) is 0 Å². The summed E-state index contributed by atoms with van der Waals surface area (Å²) in [5.41, 5.74) is 2.21. The number of benzene rings is 1. The van der Waals surface area contributed by atoms with E-state index in [1.807, 2.05) is 24.3 Å². The van der Waals surface area contributed by atoms with Gasteiger partial charge in [0.25, 0.3) is 0 Å². The van der Waals surface area contributed by atoms with Gasteiger partial charge in [-0.25, -0.2) is 4.79 Å². The third kappa shape index (κ3) is 6.94. The first-order chi connectivity index (χ1) is 10.7. The summed E-state index contributed by atoms with van der Waals surface area (Å²) in [5.74, 6) is 0.575. The topological polar surface area (TPSA) is 50.4 Å². The number of rotatable bonds is 10. The lowest BCUT2D eigenvalue weighted by molar-refractivity contribution is 0.184. The Bertz CT molecular complexity index is 435. The van der Waals surface area contributed by atoms with Gasteiger partial charge in [0.15, 0.2) is 0 Å². The number of amides is 2. The van der Waals surface area contributed by atoms with Crippen LogP contribution in [-0.4, -0.2) is 19.7 Å². The summed E-state index contributed by atoms with van der Waals surface area (Å²) in [5, 5.41) is 5.91. The number of carbonyl (C=O) groups excluding carboxylic acids is 1. The first kappa shape index (κ1) is 18.5. The van der Waals surface area contributed by atoms with Crippen LogP contribution < -0.4 is 10.6 Å². The van der Waals surface area contributed by atoms with E-state index in [0.29, 0.717) is 19.1 Å². The van der Waals surface area contributed by atoms with Crippen molar-refractivity contribution in [1.82, 2.24) is 10.6 Å². The zero-order valence-corrected chi connectivity index (χ0v) is 14.2.